The minimum absolute atomic E-state index is 0.230. The molecule has 0 aliphatic carbocycles. The van der Waals surface area contributed by atoms with Gasteiger partial charge in [-0.25, -0.2) is 4.98 Å². The molecule has 1 saturated heterocycles. The third-order valence-corrected chi connectivity index (χ3v) is 5.16. The van der Waals surface area contributed by atoms with Crippen molar-refractivity contribution in [2.75, 3.05) is 30.4 Å². The number of β-amino-alcohol motifs (C(OH)–C–C–N with tert-alkyl or cyclic N) is 1. The van der Waals surface area contributed by atoms with Gasteiger partial charge in [0.25, 0.3) is 0 Å². The fourth-order valence-corrected chi connectivity index (χ4v) is 3.72. The van der Waals surface area contributed by atoms with E-state index in [0.717, 1.165) is 46.3 Å². The molecule has 1 aromatic carbocycles. The summed E-state index contributed by atoms with van der Waals surface area (Å²) < 4.78 is 0. The monoisotopic (exact) mass is 341 g/mol. The number of aromatic amines is 1. The first kappa shape index (κ1) is 15.2. The molecular formula is C17H19N5OS. The van der Waals surface area contributed by atoms with Gasteiger partial charge in [0.1, 0.15) is 0 Å². The fraction of sp³-hybridized carbons (Fsp3) is 0.294. The second-order valence-corrected chi connectivity index (χ2v) is 6.74. The molecule has 4 rings (SSSR count). The van der Waals surface area contributed by atoms with Gasteiger partial charge in [0, 0.05) is 42.3 Å². The molecule has 2 aromatic heterocycles. The standard InChI is InChI=1S/C17H19N5OS/c1-18-17-20-15(10-24-17)14-8-19-21-16(14)11-3-2-4-12(7-11)22-6-5-13(23)9-22/h2-4,7-8,10,13,23H,5-6,9H2,1H3,(H,18,20)(H,19,21). The number of aromatic nitrogens is 3. The van der Waals surface area contributed by atoms with Crippen molar-refractivity contribution in [3.63, 3.8) is 0 Å². The molecule has 6 nitrogen and oxygen atoms in total. The van der Waals surface area contributed by atoms with Crippen molar-refractivity contribution in [2.24, 2.45) is 0 Å². The van der Waals surface area contributed by atoms with Gasteiger partial charge in [-0.15, -0.1) is 11.3 Å². The van der Waals surface area contributed by atoms with Crippen LogP contribution in [-0.2, 0) is 0 Å². The zero-order chi connectivity index (χ0) is 16.5. The molecule has 24 heavy (non-hydrogen) atoms. The first-order valence-electron chi connectivity index (χ1n) is 7.95. The summed E-state index contributed by atoms with van der Waals surface area (Å²) in [5.74, 6) is 0. The predicted octanol–water partition coefficient (Wildman–Crippen LogP) is 2.81. The van der Waals surface area contributed by atoms with Crippen molar-refractivity contribution in [1.29, 1.82) is 0 Å². The van der Waals surface area contributed by atoms with Crippen molar-refractivity contribution in [2.45, 2.75) is 12.5 Å². The van der Waals surface area contributed by atoms with Crippen LogP contribution in [-0.4, -0.2) is 46.5 Å². The van der Waals surface area contributed by atoms with Gasteiger partial charge in [0.15, 0.2) is 5.13 Å². The molecule has 3 aromatic rings. The van der Waals surface area contributed by atoms with Crippen molar-refractivity contribution in [3.8, 4) is 22.5 Å². The van der Waals surface area contributed by atoms with Gasteiger partial charge in [-0.2, -0.15) is 5.10 Å². The van der Waals surface area contributed by atoms with Crippen LogP contribution in [0.5, 0.6) is 0 Å². The molecule has 1 fully saturated rings. The molecule has 0 radical (unpaired) electrons. The molecule has 0 saturated carbocycles. The van der Waals surface area contributed by atoms with Gasteiger partial charge >= 0.3 is 0 Å². The summed E-state index contributed by atoms with van der Waals surface area (Å²) in [4.78, 5) is 6.79. The summed E-state index contributed by atoms with van der Waals surface area (Å²) in [6, 6.07) is 8.33. The van der Waals surface area contributed by atoms with E-state index in [1.807, 2.05) is 24.7 Å². The van der Waals surface area contributed by atoms with Crippen LogP contribution >= 0.6 is 11.3 Å². The Morgan fingerprint density at radius 2 is 2.33 bits per heavy atom. The second-order valence-electron chi connectivity index (χ2n) is 5.89. The number of rotatable bonds is 4. The SMILES string of the molecule is CNc1nc(-c2cn[nH]c2-c2cccc(N3CCC(O)C3)c2)cs1. The lowest BCUT2D eigenvalue weighted by Crippen LogP contribution is -2.20. The average molecular weight is 341 g/mol. The lowest BCUT2D eigenvalue weighted by Gasteiger charge is -2.18. The van der Waals surface area contributed by atoms with Crippen LogP contribution in [0.25, 0.3) is 22.5 Å². The van der Waals surface area contributed by atoms with Crippen LogP contribution in [0.2, 0.25) is 0 Å². The maximum Gasteiger partial charge on any atom is 0.182 e. The molecule has 0 bridgehead atoms. The van der Waals surface area contributed by atoms with E-state index in [4.69, 9.17) is 0 Å². The zero-order valence-corrected chi connectivity index (χ0v) is 14.2. The largest absolute Gasteiger partial charge is 0.391 e. The van der Waals surface area contributed by atoms with E-state index in [9.17, 15) is 5.11 Å². The number of nitrogens with one attached hydrogen (secondary N) is 2. The molecule has 1 atom stereocenters. The van der Waals surface area contributed by atoms with Crippen molar-refractivity contribution >= 4 is 22.2 Å². The lowest BCUT2D eigenvalue weighted by atomic mass is 10.1. The van der Waals surface area contributed by atoms with Gasteiger partial charge in [0.2, 0.25) is 0 Å². The third kappa shape index (κ3) is 2.76. The Kier molecular flexibility index (Phi) is 3.95. The molecule has 0 spiro atoms. The van der Waals surface area contributed by atoms with Crippen LogP contribution < -0.4 is 10.2 Å². The van der Waals surface area contributed by atoms with Gasteiger partial charge in [-0.3, -0.25) is 5.10 Å². The van der Waals surface area contributed by atoms with Crippen LogP contribution in [0, 0.1) is 0 Å². The van der Waals surface area contributed by atoms with Crippen molar-refractivity contribution < 1.29 is 5.11 Å². The quantitative estimate of drug-likeness (QED) is 0.680. The molecule has 3 heterocycles. The maximum absolute atomic E-state index is 9.76. The molecule has 0 amide bonds. The first-order valence-corrected chi connectivity index (χ1v) is 8.83. The smallest absolute Gasteiger partial charge is 0.182 e. The summed E-state index contributed by atoms with van der Waals surface area (Å²) in [6.07, 6.45) is 2.41. The Hall–Kier alpha value is -2.38. The number of benzene rings is 1. The molecule has 124 valence electrons. The number of hydrogen-bond acceptors (Lipinski definition) is 6. The van der Waals surface area contributed by atoms with E-state index >= 15 is 0 Å². The van der Waals surface area contributed by atoms with E-state index in [1.54, 1.807) is 11.3 Å². The van der Waals surface area contributed by atoms with Crippen LogP contribution in [0.1, 0.15) is 6.42 Å². The Morgan fingerprint density at radius 1 is 1.42 bits per heavy atom. The summed E-state index contributed by atoms with van der Waals surface area (Å²) in [5, 5.41) is 23.1. The highest BCUT2D eigenvalue weighted by Crippen LogP contribution is 2.34. The number of anilines is 2. The van der Waals surface area contributed by atoms with Gasteiger partial charge < -0.3 is 15.3 Å². The normalized spacial score (nSPS) is 17.4. The molecule has 1 unspecified atom stereocenters. The van der Waals surface area contributed by atoms with Crippen molar-refractivity contribution in [3.05, 3.63) is 35.8 Å². The molecule has 1 aliphatic rings. The first-order chi connectivity index (χ1) is 11.7. The summed E-state index contributed by atoms with van der Waals surface area (Å²) in [5.41, 5.74) is 5.06. The number of thiazole rings is 1. The van der Waals surface area contributed by atoms with Crippen molar-refractivity contribution in [1.82, 2.24) is 15.2 Å². The van der Waals surface area contributed by atoms with Crippen LogP contribution in [0.15, 0.2) is 35.8 Å². The number of aliphatic hydroxyl groups is 1. The molecule has 7 heteroatoms. The number of hydrogen-bond donors (Lipinski definition) is 3. The Morgan fingerprint density at radius 3 is 3.08 bits per heavy atom. The highest BCUT2D eigenvalue weighted by molar-refractivity contribution is 7.14. The fourth-order valence-electron chi connectivity index (χ4n) is 3.05. The Bertz CT molecular complexity index is 843. The number of nitrogens with zero attached hydrogens (tertiary/aromatic N) is 3. The Balaban J connectivity index is 1.68. The van der Waals surface area contributed by atoms with E-state index in [2.05, 4.69) is 43.6 Å². The highest BCUT2D eigenvalue weighted by atomic mass is 32.1. The number of H-pyrrole nitrogens is 1. The van der Waals surface area contributed by atoms with Crippen LogP contribution in [0.4, 0.5) is 10.8 Å². The topological polar surface area (TPSA) is 77.1 Å². The summed E-state index contributed by atoms with van der Waals surface area (Å²) in [6.45, 7) is 1.58. The van der Waals surface area contributed by atoms with Crippen LogP contribution in [0.3, 0.4) is 0 Å². The maximum atomic E-state index is 9.76. The zero-order valence-electron chi connectivity index (χ0n) is 13.4. The minimum Gasteiger partial charge on any atom is -0.391 e. The van der Waals surface area contributed by atoms with E-state index < -0.39 is 0 Å². The van der Waals surface area contributed by atoms with Gasteiger partial charge in [-0.1, -0.05) is 12.1 Å². The van der Waals surface area contributed by atoms with Gasteiger partial charge in [0.05, 0.1) is 23.7 Å². The lowest BCUT2D eigenvalue weighted by molar-refractivity contribution is 0.198. The summed E-state index contributed by atoms with van der Waals surface area (Å²) >= 11 is 1.58. The number of aliphatic hydroxyl groups excluding tert-OH is 1. The van der Waals surface area contributed by atoms with Gasteiger partial charge in [-0.05, 0) is 18.6 Å². The Labute approximate surface area is 144 Å². The highest BCUT2D eigenvalue weighted by Gasteiger charge is 2.21. The third-order valence-electron chi connectivity index (χ3n) is 4.30. The predicted molar refractivity (Wildman–Crippen MR) is 97.5 cm³/mol. The van der Waals surface area contributed by atoms with E-state index in [1.165, 1.54) is 0 Å². The summed E-state index contributed by atoms with van der Waals surface area (Å²) in [7, 11) is 1.87. The van der Waals surface area contributed by atoms with E-state index in [0.29, 0.717) is 6.54 Å². The minimum atomic E-state index is -0.230. The molecular weight excluding hydrogens is 322 g/mol. The average Bonchev–Trinajstić information content (AvgIpc) is 3.34. The van der Waals surface area contributed by atoms with E-state index in [-0.39, 0.29) is 6.10 Å². The molecule has 3 N–H and O–H groups in total. The molecule has 1 aliphatic heterocycles. The second kappa shape index (κ2) is 6.26.